The smallest absolute Gasteiger partial charge is 0.176 e. The second-order valence-electron chi connectivity index (χ2n) is 3.27. The second kappa shape index (κ2) is 6.30. The van der Waals surface area contributed by atoms with Gasteiger partial charge in [-0.15, -0.1) is 0 Å². The molecule has 0 spiro atoms. The third kappa shape index (κ3) is 3.01. The van der Waals surface area contributed by atoms with Crippen LogP contribution in [0.3, 0.4) is 0 Å². The van der Waals surface area contributed by atoms with Gasteiger partial charge in [0.2, 0.25) is 0 Å². The maximum Gasteiger partial charge on any atom is 0.176 e. The standard InChI is InChI=1S/C11H15BrFNO2/c1-14-10(11(15-2)16-3)8-6-7(12)4-5-9(8)13/h4-6,10-11,14H,1-3H3. The second-order valence-corrected chi connectivity index (χ2v) is 4.19. The summed E-state index contributed by atoms with van der Waals surface area (Å²) in [5, 5.41) is 2.98. The van der Waals surface area contributed by atoms with Crippen molar-refractivity contribution in [3.8, 4) is 0 Å². The molecular formula is C11H15BrFNO2. The minimum atomic E-state index is -0.534. The van der Waals surface area contributed by atoms with Crippen molar-refractivity contribution in [2.75, 3.05) is 21.3 Å². The molecule has 3 nitrogen and oxygen atoms in total. The normalized spacial score (nSPS) is 13.1. The number of halogens is 2. The summed E-state index contributed by atoms with van der Waals surface area (Å²) in [5.74, 6) is -0.290. The molecule has 90 valence electrons. The fourth-order valence-corrected chi connectivity index (χ4v) is 1.94. The lowest BCUT2D eigenvalue weighted by atomic mass is 10.1. The number of benzene rings is 1. The molecule has 0 radical (unpaired) electrons. The Labute approximate surface area is 103 Å². The van der Waals surface area contributed by atoms with Crippen LogP contribution in [-0.4, -0.2) is 27.6 Å². The quantitative estimate of drug-likeness (QED) is 0.846. The van der Waals surface area contributed by atoms with Crippen molar-refractivity contribution in [1.29, 1.82) is 0 Å². The molecule has 1 unspecified atom stereocenters. The number of hydrogen-bond donors (Lipinski definition) is 1. The van der Waals surface area contributed by atoms with Gasteiger partial charge in [-0.2, -0.15) is 0 Å². The lowest BCUT2D eigenvalue weighted by Gasteiger charge is -2.25. The number of methoxy groups -OCH3 is 2. The number of rotatable bonds is 5. The molecule has 0 amide bonds. The van der Waals surface area contributed by atoms with Gasteiger partial charge in [-0.25, -0.2) is 4.39 Å². The summed E-state index contributed by atoms with van der Waals surface area (Å²) in [6.45, 7) is 0. The van der Waals surface area contributed by atoms with E-state index in [0.717, 1.165) is 4.47 Å². The van der Waals surface area contributed by atoms with Crippen molar-refractivity contribution >= 4 is 15.9 Å². The summed E-state index contributed by atoms with van der Waals surface area (Å²) >= 11 is 3.31. The van der Waals surface area contributed by atoms with E-state index in [1.165, 1.54) is 20.3 Å². The Hall–Kier alpha value is -0.490. The summed E-state index contributed by atoms with van der Waals surface area (Å²) in [6, 6.07) is 4.42. The van der Waals surface area contributed by atoms with Gasteiger partial charge < -0.3 is 14.8 Å². The fraction of sp³-hybridized carbons (Fsp3) is 0.455. The predicted molar refractivity (Wildman–Crippen MR) is 63.7 cm³/mol. The minimum absolute atomic E-state index is 0.290. The van der Waals surface area contributed by atoms with Gasteiger partial charge in [0, 0.05) is 24.3 Å². The van der Waals surface area contributed by atoms with Crippen molar-refractivity contribution < 1.29 is 13.9 Å². The number of nitrogens with one attached hydrogen (secondary N) is 1. The van der Waals surface area contributed by atoms with E-state index >= 15 is 0 Å². The molecule has 0 fully saturated rings. The molecule has 1 atom stereocenters. The third-order valence-electron chi connectivity index (χ3n) is 2.34. The van der Waals surface area contributed by atoms with E-state index in [1.807, 2.05) is 0 Å². The molecule has 0 aromatic heterocycles. The lowest BCUT2D eigenvalue weighted by molar-refractivity contribution is -0.123. The SMILES string of the molecule is CNC(c1cc(Br)ccc1F)C(OC)OC. The Balaban J connectivity index is 3.06. The Morgan fingerprint density at radius 1 is 1.31 bits per heavy atom. The molecule has 1 aromatic carbocycles. The number of ether oxygens (including phenoxy) is 2. The maximum absolute atomic E-state index is 13.7. The monoisotopic (exact) mass is 291 g/mol. The van der Waals surface area contributed by atoms with Crippen LogP contribution in [0.5, 0.6) is 0 Å². The predicted octanol–water partition coefficient (Wildman–Crippen LogP) is 2.47. The molecular weight excluding hydrogens is 277 g/mol. The van der Waals surface area contributed by atoms with Crippen molar-refractivity contribution in [1.82, 2.24) is 5.32 Å². The Morgan fingerprint density at radius 3 is 2.44 bits per heavy atom. The van der Waals surface area contributed by atoms with E-state index in [2.05, 4.69) is 21.2 Å². The van der Waals surface area contributed by atoms with E-state index in [4.69, 9.17) is 9.47 Å². The highest BCUT2D eigenvalue weighted by Crippen LogP contribution is 2.25. The highest BCUT2D eigenvalue weighted by Gasteiger charge is 2.24. The van der Waals surface area contributed by atoms with Gasteiger partial charge in [0.15, 0.2) is 6.29 Å². The van der Waals surface area contributed by atoms with Crippen molar-refractivity contribution in [2.45, 2.75) is 12.3 Å². The van der Waals surface area contributed by atoms with Gasteiger partial charge in [0.05, 0.1) is 6.04 Å². The van der Waals surface area contributed by atoms with Gasteiger partial charge in [-0.3, -0.25) is 0 Å². The van der Waals surface area contributed by atoms with Crippen molar-refractivity contribution in [3.63, 3.8) is 0 Å². The van der Waals surface area contributed by atoms with Crippen LogP contribution in [0.4, 0.5) is 4.39 Å². The zero-order chi connectivity index (χ0) is 12.1. The van der Waals surface area contributed by atoms with Crippen LogP contribution in [0.15, 0.2) is 22.7 Å². The topological polar surface area (TPSA) is 30.5 Å². The molecule has 0 saturated heterocycles. The first-order chi connectivity index (χ1) is 7.63. The first-order valence-corrected chi connectivity index (χ1v) is 5.61. The van der Waals surface area contributed by atoms with Crippen LogP contribution < -0.4 is 5.32 Å². The van der Waals surface area contributed by atoms with E-state index in [0.29, 0.717) is 5.56 Å². The molecule has 0 bridgehead atoms. The van der Waals surface area contributed by atoms with Crippen molar-refractivity contribution in [2.24, 2.45) is 0 Å². The molecule has 1 aromatic rings. The number of hydrogen-bond acceptors (Lipinski definition) is 3. The molecule has 0 aliphatic heterocycles. The Kier molecular flexibility index (Phi) is 5.34. The molecule has 1 rings (SSSR count). The largest absolute Gasteiger partial charge is 0.354 e. The van der Waals surface area contributed by atoms with Gasteiger partial charge in [-0.1, -0.05) is 15.9 Å². The van der Waals surface area contributed by atoms with Crippen LogP contribution in [0.2, 0.25) is 0 Å². The number of likely N-dealkylation sites (N-methyl/N-ethyl adjacent to an activating group) is 1. The van der Waals surface area contributed by atoms with Crippen molar-refractivity contribution in [3.05, 3.63) is 34.1 Å². The van der Waals surface area contributed by atoms with E-state index in [9.17, 15) is 4.39 Å². The third-order valence-corrected chi connectivity index (χ3v) is 2.83. The van der Waals surface area contributed by atoms with Crippen LogP contribution in [0.1, 0.15) is 11.6 Å². The summed E-state index contributed by atoms with van der Waals surface area (Å²) < 4.78 is 24.8. The zero-order valence-electron chi connectivity index (χ0n) is 9.46. The molecule has 0 aliphatic carbocycles. The van der Waals surface area contributed by atoms with Crippen LogP contribution in [-0.2, 0) is 9.47 Å². The molecule has 16 heavy (non-hydrogen) atoms. The summed E-state index contributed by atoms with van der Waals surface area (Å²) in [5.41, 5.74) is 0.505. The van der Waals surface area contributed by atoms with Crippen LogP contribution >= 0.6 is 15.9 Å². The average Bonchev–Trinajstić information content (AvgIpc) is 2.29. The first-order valence-electron chi connectivity index (χ1n) is 4.81. The Bertz CT molecular complexity index is 345. The highest BCUT2D eigenvalue weighted by atomic mass is 79.9. The first kappa shape index (κ1) is 13.6. The van der Waals surface area contributed by atoms with Gasteiger partial charge >= 0.3 is 0 Å². The highest BCUT2D eigenvalue weighted by molar-refractivity contribution is 9.10. The van der Waals surface area contributed by atoms with E-state index in [1.54, 1.807) is 19.2 Å². The van der Waals surface area contributed by atoms with Gasteiger partial charge in [-0.05, 0) is 25.2 Å². The molecule has 0 heterocycles. The molecule has 0 saturated carbocycles. The van der Waals surface area contributed by atoms with Crippen LogP contribution in [0, 0.1) is 5.82 Å². The lowest BCUT2D eigenvalue weighted by Crippen LogP contribution is -2.33. The fourth-order valence-electron chi connectivity index (χ4n) is 1.56. The minimum Gasteiger partial charge on any atom is -0.354 e. The zero-order valence-corrected chi connectivity index (χ0v) is 11.0. The van der Waals surface area contributed by atoms with E-state index < -0.39 is 6.29 Å². The van der Waals surface area contributed by atoms with E-state index in [-0.39, 0.29) is 11.9 Å². The molecule has 1 N–H and O–H groups in total. The van der Waals surface area contributed by atoms with Gasteiger partial charge in [0.1, 0.15) is 5.82 Å². The molecule has 0 aliphatic rings. The maximum atomic E-state index is 13.7. The average molecular weight is 292 g/mol. The summed E-state index contributed by atoms with van der Waals surface area (Å²) in [7, 11) is 4.78. The Morgan fingerprint density at radius 2 is 1.94 bits per heavy atom. The van der Waals surface area contributed by atoms with Gasteiger partial charge in [0.25, 0.3) is 0 Å². The molecule has 5 heteroatoms. The summed E-state index contributed by atoms with van der Waals surface area (Å²) in [6.07, 6.45) is -0.534. The van der Waals surface area contributed by atoms with Crippen LogP contribution in [0.25, 0.3) is 0 Å². The summed E-state index contributed by atoms with van der Waals surface area (Å²) in [4.78, 5) is 0.